The van der Waals surface area contributed by atoms with Crippen molar-refractivity contribution >= 4 is 11.6 Å². The highest BCUT2D eigenvalue weighted by Gasteiger charge is 2.18. The first-order valence-corrected chi connectivity index (χ1v) is 6.72. The topological polar surface area (TPSA) is 0 Å². The number of alkyl halides is 1. The van der Waals surface area contributed by atoms with Crippen LogP contribution in [-0.2, 0) is 0 Å². The summed E-state index contributed by atoms with van der Waals surface area (Å²) in [7, 11) is 0. The molecule has 0 N–H and O–H groups in total. The van der Waals surface area contributed by atoms with Crippen LogP contribution in [0.2, 0.25) is 0 Å². The van der Waals surface area contributed by atoms with Gasteiger partial charge in [-0.15, -0.1) is 11.6 Å². The molecule has 0 aliphatic heterocycles. The van der Waals surface area contributed by atoms with E-state index in [2.05, 4.69) is 27.7 Å². The van der Waals surface area contributed by atoms with Crippen molar-refractivity contribution in [2.75, 3.05) is 5.88 Å². The maximum absolute atomic E-state index is 6.02. The molecular weight excluding hydrogens is 192 g/mol. The summed E-state index contributed by atoms with van der Waals surface area (Å²) in [4.78, 5) is 0. The van der Waals surface area contributed by atoms with E-state index in [9.17, 15) is 0 Å². The van der Waals surface area contributed by atoms with Crippen molar-refractivity contribution in [3.05, 3.63) is 0 Å². The fourth-order valence-electron chi connectivity index (χ4n) is 1.86. The molecular formula is C13H27Cl. The van der Waals surface area contributed by atoms with Crippen molar-refractivity contribution in [1.29, 1.82) is 0 Å². The van der Waals surface area contributed by atoms with Gasteiger partial charge in [-0.1, -0.05) is 53.4 Å². The third-order valence-corrected chi connectivity index (χ3v) is 3.82. The van der Waals surface area contributed by atoms with E-state index in [0.29, 0.717) is 0 Å². The van der Waals surface area contributed by atoms with Crippen molar-refractivity contribution in [2.45, 2.75) is 59.8 Å². The lowest BCUT2D eigenvalue weighted by Crippen LogP contribution is -2.18. The molecule has 14 heavy (non-hydrogen) atoms. The van der Waals surface area contributed by atoms with E-state index in [0.717, 1.165) is 23.6 Å². The van der Waals surface area contributed by atoms with Crippen LogP contribution in [-0.4, -0.2) is 5.88 Å². The zero-order valence-corrected chi connectivity index (χ0v) is 11.1. The Kier molecular flexibility index (Phi) is 8.76. The van der Waals surface area contributed by atoms with Crippen molar-refractivity contribution in [2.24, 2.45) is 17.8 Å². The molecule has 0 aromatic rings. The van der Waals surface area contributed by atoms with Crippen LogP contribution in [0, 0.1) is 17.8 Å². The molecule has 0 heterocycles. The summed E-state index contributed by atoms with van der Waals surface area (Å²) in [5.41, 5.74) is 0. The molecule has 0 aliphatic rings. The Morgan fingerprint density at radius 2 is 1.64 bits per heavy atom. The maximum atomic E-state index is 6.02. The number of halogens is 1. The Hall–Kier alpha value is 0.290. The van der Waals surface area contributed by atoms with Gasteiger partial charge in [0.05, 0.1) is 0 Å². The molecule has 86 valence electrons. The van der Waals surface area contributed by atoms with Gasteiger partial charge in [-0.25, -0.2) is 0 Å². The van der Waals surface area contributed by atoms with Crippen LogP contribution >= 0.6 is 11.6 Å². The summed E-state index contributed by atoms with van der Waals surface area (Å²) in [6.07, 6.45) is 6.77. The van der Waals surface area contributed by atoms with E-state index in [1.165, 1.54) is 32.1 Å². The summed E-state index contributed by atoms with van der Waals surface area (Å²) in [6, 6.07) is 0. The molecule has 0 spiro atoms. The second-order valence-electron chi connectivity index (χ2n) is 4.87. The summed E-state index contributed by atoms with van der Waals surface area (Å²) in [5.74, 6) is 3.11. The molecule has 0 aliphatic carbocycles. The molecule has 2 unspecified atom stereocenters. The lowest BCUT2D eigenvalue weighted by Gasteiger charge is -2.25. The van der Waals surface area contributed by atoms with Crippen LogP contribution in [0.4, 0.5) is 0 Å². The van der Waals surface area contributed by atoms with Crippen LogP contribution in [0.15, 0.2) is 0 Å². The Morgan fingerprint density at radius 3 is 2.07 bits per heavy atom. The Morgan fingerprint density at radius 1 is 1.00 bits per heavy atom. The van der Waals surface area contributed by atoms with Crippen molar-refractivity contribution in [3.63, 3.8) is 0 Å². The van der Waals surface area contributed by atoms with E-state index in [-0.39, 0.29) is 0 Å². The van der Waals surface area contributed by atoms with Crippen molar-refractivity contribution in [3.8, 4) is 0 Å². The average molecular weight is 219 g/mol. The third-order valence-electron chi connectivity index (χ3n) is 3.42. The average Bonchev–Trinajstić information content (AvgIpc) is 2.17. The molecule has 0 aromatic heterocycles. The lowest BCUT2D eigenvalue weighted by atomic mass is 9.83. The number of hydrogen-bond acceptors (Lipinski definition) is 0. The minimum atomic E-state index is 0.730. The molecule has 0 radical (unpaired) electrons. The van der Waals surface area contributed by atoms with Crippen LogP contribution in [0.5, 0.6) is 0 Å². The van der Waals surface area contributed by atoms with Gasteiger partial charge in [0.2, 0.25) is 0 Å². The van der Waals surface area contributed by atoms with E-state index >= 15 is 0 Å². The predicted molar refractivity (Wildman–Crippen MR) is 67.0 cm³/mol. The molecule has 0 nitrogen and oxygen atoms in total. The predicted octanol–water partition coefficient (Wildman–Crippen LogP) is 5.10. The summed E-state index contributed by atoms with van der Waals surface area (Å²) >= 11 is 6.02. The molecule has 0 amide bonds. The number of rotatable bonds is 8. The lowest BCUT2D eigenvalue weighted by molar-refractivity contribution is 0.278. The van der Waals surface area contributed by atoms with E-state index in [4.69, 9.17) is 11.6 Å². The van der Waals surface area contributed by atoms with E-state index in [1.54, 1.807) is 0 Å². The minimum absolute atomic E-state index is 0.730. The highest BCUT2D eigenvalue weighted by Crippen LogP contribution is 2.26. The van der Waals surface area contributed by atoms with Gasteiger partial charge in [0.1, 0.15) is 0 Å². The SMILES string of the molecule is CCCCCCC(CCl)C(C)C(C)C. The maximum Gasteiger partial charge on any atom is 0.0254 e. The van der Waals surface area contributed by atoms with Crippen molar-refractivity contribution in [1.82, 2.24) is 0 Å². The second kappa shape index (κ2) is 8.59. The van der Waals surface area contributed by atoms with Crippen LogP contribution in [0.3, 0.4) is 0 Å². The van der Waals surface area contributed by atoms with Gasteiger partial charge >= 0.3 is 0 Å². The minimum Gasteiger partial charge on any atom is -0.126 e. The van der Waals surface area contributed by atoms with Crippen LogP contribution in [0.25, 0.3) is 0 Å². The van der Waals surface area contributed by atoms with E-state index < -0.39 is 0 Å². The first-order chi connectivity index (χ1) is 6.63. The van der Waals surface area contributed by atoms with E-state index in [1.807, 2.05) is 0 Å². The summed E-state index contributed by atoms with van der Waals surface area (Å²) in [6.45, 7) is 9.21. The first-order valence-electron chi connectivity index (χ1n) is 6.19. The Bertz CT molecular complexity index is 120. The van der Waals surface area contributed by atoms with Gasteiger partial charge in [0.15, 0.2) is 0 Å². The number of hydrogen-bond donors (Lipinski definition) is 0. The van der Waals surface area contributed by atoms with Gasteiger partial charge in [0, 0.05) is 5.88 Å². The van der Waals surface area contributed by atoms with Gasteiger partial charge in [-0.3, -0.25) is 0 Å². The molecule has 2 atom stereocenters. The smallest absolute Gasteiger partial charge is 0.0254 e. The molecule has 0 aromatic carbocycles. The molecule has 0 bridgehead atoms. The quantitative estimate of drug-likeness (QED) is 0.393. The van der Waals surface area contributed by atoms with Gasteiger partial charge in [-0.05, 0) is 24.2 Å². The highest BCUT2D eigenvalue weighted by atomic mass is 35.5. The molecule has 1 heteroatoms. The van der Waals surface area contributed by atoms with Crippen LogP contribution in [0.1, 0.15) is 59.8 Å². The van der Waals surface area contributed by atoms with Gasteiger partial charge < -0.3 is 0 Å². The first kappa shape index (κ1) is 14.3. The fraction of sp³-hybridized carbons (Fsp3) is 1.00. The monoisotopic (exact) mass is 218 g/mol. The number of unbranched alkanes of at least 4 members (excludes halogenated alkanes) is 3. The van der Waals surface area contributed by atoms with Gasteiger partial charge in [0.25, 0.3) is 0 Å². The summed E-state index contributed by atoms with van der Waals surface area (Å²) in [5, 5.41) is 0. The zero-order valence-electron chi connectivity index (χ0n) is 10.4. The third kappa shape index (κ3) is 5.90. The summed E-state index contributed by atoms with van der Waals surface area (Å²) < 4.78 is 0. The Labute approximate surface area is 95.4 Å². The van der Waals surface area contributed by atoms with Gasteiger partial charge in [-0.2, -0.15) is 0 Å². The molecule has 0 rings (SSSR count). The standard InChI is InChI=1S/C13H27Cl/c1-5-6-7-8-9-13(10-14)12(4)11(2)3/h11-13H,5-10H2,1-4H3. The van der Waals surface area contributed by atoms with Crippen LogP contribution < -0.4 is 0 Å². The molecule has 0 saturated carbocycles. The largest absolute Gasteiger partial charge is 0.126 e. The normalized spacial score (nSPS) is 15.9. The van der Waals surface area contributed by atoms with Crippen molar-refractivity contribution < 1.29 is 0 Å². The molecule has 0 fully saturated rings. The second-order valence-corrected chi connectivity index (χ2v) is 5.18. The highest BCUT2D eigenvalue weighted by molar-refractivity contribution is 6.18. The zero-order chi connectivity index (χ0) is 11.0. The molecule has 0 saturated heterocycles. The fourth-order valence-corrected chi connectivity index (χ4v) is 2.29. The Balaban J connectivity index is 3.67.